The molecule has 0 aliphatic carbocycles. The van der Waals surface area contributed by atoms with Crippen LogP contribution < -0.4 is 10.3 Å². The van der Waals surface area contributed by atoms with Gasteiger partial charge in [-0.05, 0) is 24.4 Å². The lowest BCUT2D eigenvalue weighted by atomic mass is 10.1. The van der Waals surface area contributed by atoms with Gasteiger partial charge in [0.05, 0.1) is 24.6 Å². The molecule has 1 aromatic heterocycles. The summed E-state index contributed by atoms with van der Waals surface area (Å²) < 4.78 is 5.42. The van der Waals surface area contributed by atoms with E-state index >= 15 is 0 Å². The molecular weight excluding hydrogens is 386 g/mol. The second kappa shape index (κ2) is 9.80. The monoisotopic (exact) mass is 417 g/mol. The lowest BCUT2D eigenvalue weighted by Gasteiger charge is -2.37. The lowest BCUT2D eigenvalue weighted by molar-refractivity contribution is 0.0315. The zero-order valence-electron chi connectivity index (χ0n) is 17.2. The molecule has 0 bridgehead atoms. The number of pyridine rings is 1. The van der Waals surface area contributed by atoms with Gasteiger partial charge >= 0.3 is 0 Å². The number of piperazine rings is 1. The second-order valence-corrected chi connectivity index (χ2v) is 8.19. The lowest BCUT2D eigenvalue weighted by Crippen LogP contribution is -2.52. The Morgan fingerprint density at radius 2 is 1.83 bits per heavy atom. The second-order valence-electron chi connectivity index (χ2n) is 7.80. The number of thiocarbonyl (C=S) groups is 1. The minimum Gasteiger partial charge on any atom is -0.379 e. The van der Waals surface area contributed by atoms with E-state index in [1.807, 2.05) is 12.3 Å². The van der Waals surface area contributed by atoms with Crippen LogP contribution in [0.25, 0.3) is 0 Å². The van der Waals surface area contributed by atoms with Crippen molar-refractivity contribution >= 4 is 28.7 Å². The van der Waals surface area contributed by atoms with Crippen molar-refractivity contribution < 1.29 is 4.74 Å². The summed E-state index contributed by atoms with van der Waals surface area (Å²) in [6, 6.07) is 4.06. The molecular formula is C20H31N7OS. The molecule has 2 saturated heterocycles. The third-order valence-corrected chi connectivity index (χ3v) is 6.29. The molecule has 0 saturated carbocycles. The first kappa shape index (κ1) is 20.5. The van der Waals surface area contributed by atoms with E-state index in [-0.39, 0.29) is 0 Å². The number of nitrogens with one attached hydrogen (secondary N) is 1. The van der Waals surface area contributed by atoms with Crippen molar-refractivity contribution in [2.45, 2.75) is 6.42 Å². The van der Waals surface area contributed by atoms with E-state index in [1.54, 1.807) is 0 Å². The highest BCUT2D eigenvalue weighted by Crippen LogP contribution is 2.23. The molecule has 3 aliphatic rings. The molecule has 0 amide bonds. The Balaban J connectivity index is 1.24. The summed E-state index contributed by atoms with van der Waals surface area (Å²) in [5.74, 6) is 0. The van der Waals surface area contributed by atoms with Crippen molar-refractivity contribution in [3.63, 3.8) is 0 Å². The number of fused-ring (bicyclic) bond motifs is 1. The number of nitrogens with zero attached hydrogens (tertiary/aromatic N) is 6. The van der Waals surface area contributed by atoms with Gasteiger partial charge in [0.1, 0.15) is 5.69 Å². The molecule has 4 rings (SSSR count). The average molecular weight is 418 g/mol. The highest BCUT2D eigenvalue weighted by atomic mass is 32.1. The zero-order valence-corrected chi connectivity index (χ0v) is 18.0. The Bertz CT molecular complexity index is 729. The summed E-state index contributed by atoms with van der Waals surface area (Å²) in [7, 11) is 2.09. The quantitative estimate of drug-likeness (QED) is 0.560. The third kappa shape index (κ3) is 5.22. The molecule has 8 nitrogen and oxygen atoms in total. The number of hydrogen-bond donors (Lipinski definition) is 1. The van der Waals surface area contributed by atoms with Crippen molar-refractivity contribution in [2.75, 3.05) is 84.1 Å². The number of aromatic nitrogens is 1. The largest absolute Gasteiger partial charge is 0.379 e. The van der Waals surface area contributed by atoms with Crippen LogP contribution >= 0.6 is 12.2 Å². The van der Waals surface area contributed by atoms with E-state index in [4.69, 9.17) is 17.0 Å². The molecule has 4 heterocycles. The van der Waals surface area contributed by atoms with Gasteiger partial charge in [-0.25, -0.2) is 0 Å². The van der Waals surface area contributed by atoms with Crippen LogP contribution in [0.2, 0.25) is 0 Å². The van der Waals surface area contributed by atoms with Crippen molar-refractivity contribution in [1.82, 2.24) is 25.1 Å². The summed E-state index contributed by atoms with van der Waals surface area (Å²) >= 11 is 5.61. The van der Waals surface area contributed by atoms with Gasteiger partial charge in [-0.2, -0.15) is 5.10 Å². The standard InChI is InChI=1S/C20H31N7OS/c1-24-6-4-17(19-18(24)3-2-5-21-19)22-23-20(29)27-11-9-25(10-12-27)7-8-26-13-15-28-16-14-26/h2-3,5H,4,6-16H2,1H3,(H,23,29)/b22-17-. The van der Waals surface area contributed by atoms with Crippen LogP contribution in [0.3, 0.4) is 0 Å². The van der Waals surface area contributed by atoms with Gasteiger partial charge in [0.15, 0.2) is 5.11 Å². The van der Waals surface area contributed by atoms with E-state index < -0.39 is 0 Å². The maximum absolute atomic E-state index is 5.61. The summed E-state index contributed by atoms with van der Waals surface area (Å²) in [5.41, 5.74) is 6.17. The maximum Gasteiger partial charge on any atom is 0.189 e. The first-order chi connectivity index (χ1) is 14.2. The van der Waals surface area contributed by atoms with Crippen LogP contribution in [0.15, 0.2) is 23.4 Å². The Hall–Kier alpha value is -1.81. The SMILES string of the molecule is CN1CC/C(=N/NC(=S)N2CCN(CCN3CCOCC3)CC2)c2ncccc21. The first-order valence-electron chi connectivity index (χ1n) is 10.5. The van der Waals surface area contributed by atoms with Crippen molar-refractivity contribution in [2.24, 2.45) is 5.10 Å². The van der Waals surface area contributed by atoms with E-state index in [1.165, 1.54) is 0 Å². The molecule has 29 heavy (non-hydrogen) atoms. The molecule has 158 valence electrons. The minimum atomic E-state index is 0.710. The van der Waals surface area contributed by atoms with Crippen LogP contribution in [0.5, 0.6) is 0 Å². The van der Waals surface area contributed by atoms with Crippen molar-refractivity contribution in [3.05, 3.63) is 24.0 Å². The number of rotatable bonds is 4. The van der Waals surface area contributed by atoms with Gasteiger partial charge in [-0.1, -0.05) is 0 Å². The zero-order chi connectivity index (χ0) is 20.1. The molecule has 2 fully saturated rings. The molecule has 9 heteroatoms. The summed E-state index contributed by atoms with van der Waals surface area (Å²) in [6.45, 7) is 11.0. The summed E-state index contributed by atoms with van der Waals surface area (Å²) in [4.78, 5) is 14.0. The maximum atomic E-state index is 5.61. The van der Waals surface area contributed by atoms with E-state index in [9.17, 15) is 0 Å². The Morgan fingerprint density at radius 3 is 2.59 bits per heavy atom. The van der Waals surface area contributed by atoms with Crippen LogP contribution in [0.4, 0.5) is 5.69 Å². The van der Waals surface area contributed by atoms with Gasteiger partial charge in [0, 0.05) is 78.6 Å². The van der Waals surface area contributed by atoms with E-state index in [0.29, 0.717) is 5.11 Å². The van der Waals surface area contributed by atoms with Crippen molar-refractivity contribution in [1.29, 1.82) is 0 Å². The minimum absolute atomic E-state index is 0.710. The normalized spacial score (nSPS) is 22.6. The Morgan fingerprint density at radius 1 is 1.10 bits per heavy atom. The molecule has 1 N–H and O–H groups in total. The molecule has 3 aliphatic heterocycles. The fourth-order valence-corrected chi connectivity index (χ4v) is 4.24. The van der Waals surface area contributed by atoms with Gasteiger partial charge in [-0.3, -0.25) is 20.2 Å². The van der Waals surface area contributed by atoms with E-state index in [2.05, 4.69) is 48.2 Å². The predicted octanol–water partition coefficient (Wildman–Crippen LogP) is 0.450. The number of anilines is 1. The number of hydrazone groups is 1. The number of morpholine rings is 1. The topological polar surface area (TPSA) is 59.5 Å². The average Bonchev–Trinajstić information content (AvgIpc) is 2.78. The molecule has 1 aromatic rings. The van der Waals surface area contributed by atoms with Crippen molar-refractivity contribution in [3.8, 4) is 0 Å². The first-order valence-corrected chi connectivity index (χ1v) is 10.9. The molecule has 0 radical (unpaired) electrons. The van der Waals surface area contributed by atoms with E-state index in [0.717, 1.165) is 95.6 Å². The van der Waals surface area contributed by atoms with Crippen LogP contribution in [-0.2, 0) is 4.74 Å². The Labute approximate surface area is 178 Å². The highest BCUT2D eigenvalue weighted by Gasteiger charge is 2.22. The number of ether oxygens (including phenoxy) is 1. The predicted molar refractivity (Wildman–Crippen MR) is 120 cm³/mol. The van der Waals surface area contributed by atoms with Crippen LogP contribution in [0, 0.1) is 0 Å². The summed E-state index contributed by atoms with van der Waals surface area (Å²) in [6.07, 6.45) is 2.69. The van der Waals surface area contributed by atoms with Crippen LogP contribution in [0.1, 0.15) is 12.1 Å². The Kier molecular flexibility index (Phi) is 6.91. The molecule has 0 spiro atoms. The van der Waals surface area contributed by atoms with Gasteiger partial charge in [0.25, 0.3) is 0 Å². The molecule has 0 atom stereocenters. The molecule has 0 unspecified atom stereocenters. The third-order valence-electron chi connectivity index (χ3n) is 5.94. The van der Waals surface area contributed by atoms with Gasteiger partial charge in [0.2, 0.25) is 0 Å². The smallest absolute Gasteiger partial charge is 0.189 e. The fraction of sp³-hybridized carbons (Fsp3) is 0.650. The van der Waals surface area contributed by atoms with Gasteiger partial charge in [-0.15, -0.1) is 0 Å². The highest BCUT2D eigenvalue weighted by molar-refractivity contribution is 7.80. The molecule has 0 aromatic carbocycles. The summed E-state index contributed by atoms with van der Waals surface area (Å²) in [5, 5.41) is 5.32. The van der Waals surface area contributed by atoms with Gasteiger partial charge < -0.3 is 14.5 Å². The van der Waals surface area contributed by atoms with Crippen LogP contribution in [-0.4, -0.2) is 110 Å². The number of hydrogen-bond acceptors (Lipinski definition) is 7. The fourth-order valence-electron chi connectivity index (χ4n) is 4.02.